The number of aromatic nitrogens is 1. The van der Waals surface area contributed by atoms with Gasteiger partial charge < -0.3 is 10.6 Å². The standard InChI is InChI=1S/C11H15N3O/c15-11(14-10-3-6-13-8-10)7-9-1-4-12-5-2-9/h1-2,4-5,10,13H,3,6-8H2,(H,14,15)/t10-/m0/s1. The van der Waals surface area contributed by atoms with Crippen LogP contribution in [0.3, 0.4) is 0 Å². The van der Waals surface area contributed by atoms with Crippen LogP contribution in [0.5, 0.6) is 0 Å². The average molecular weight is 205 g/mol. The molecule has 1 amide bonds. The van der Waals surface area contributed by atoms with Crippen molar-refractivity contribution in [2.24, 2.45) is 0 Å². The van der Waals surface area contributed by atoms with Gasteiger partial charge in [-0.25, -0.2) is 0 Å². The van der Waals surface area contributed by atoms with E-state index in [1.807, 2.05) is 12.1 Å². The van der Waals surface area contributed by atoms with Gasteiger partial charge in [-0.3, -0.25) is 9.78 Å². The molecule has 1 aliphatic rings. The van der Waals surface area contributed by atoms with Gasteiger partial charge in [0.2, 0.25) is 5.91 Å². The molecule has 0 saturated carbocycles. The second-order valence-electron chi connectivity index (χ2n) is 3.79. The summed E-state index contributed by atoms with van der Waals surface area (Å²) in [7, 11) is 0. The Kier molecular flexibility index (Phi) is 3.29. The van der Waals surface area contributed by atoms with Gasteiger partial charge in [0.05, 0.1) is 6.42 Å². The monoisotopic (exact) mass is 205 g/mol. The normalized spacial score (nSPS) is 20.1. The van der Waals surface area contributed by atoms with Crippen LogP contribution in [-0.2, 0) is 11.2 Å². The van der Waals surface area contributed by atoms with Crippen molar-refractivity contribution in [3.63, 3.8) is 0 Å². The molecule has 4 heteroatoms. The highest BCUT2D eigenvalue weighted by Crippen LogP contribution is 2.00. The van der Waals surface area contributed by atoms with Crippen molar-refractivity contribution < 1.29 is 4.79 Å². The van der Waals surface area contributed by atoms with Crippen LogP contribution in [-0.4, -0.2) is 30.0 Å². The first-order valence-corrected chi connectivity index (χ1v) is 5.23. The Morgan fingerprint density at radius 1 is 1.53 bits per heavy atom. The molecule has 4 nitrogen and oxygen atoms in total. The third kappa shape index (κ3) is 3.02. The van der Waals surface area contributed by atoms with Crippen LogP contribution < -0.4 is 10.6 Å². The third-order valence-corrected chi connectivity index (χ3v) is 2.54. The second-order valence-corrected chi connectivity index (χ2v) is 3.79. The van der Waals surface area contributed by atoms with Crippen LogP contribution in [0.25, 0.3) is 0 Å². The van der Waals surface area contributed by atoms with Crippen molar-refractivity contribution in [1.82, 2.24) is 15.6 Å². The van der Waals surface area contributed by atoms with Gasteiger partial charge in [-0.15, -0.1) is 0 Å². The van der Waals surface area contributed by atoms with Gasteiger partial charge in [-0.2, -0.15) is 0 Å². The molecule has 2 rings (SSSR count). The fourth-order valence-corrected chi connectivity index (χ4v) is 1.74. The highest BCUT2D eigenvalue weighted by molar-refractivity contribution is 5.78. The largest absolute Gasteiger partial charge is 0.352 e. The highest BCUT2D eigenvalue weighted by Gasteiger charge is 2.16. The summed E-state index contributed by atoms with van der Waals surface area (Å²) in [6.45, 7) is 1.89. The molecule has 80 valence electrons. The van der Waals surface area contributed by atoms with E-state index >= 15 is 0 Å². The van der Waals surface area contributed by atoms with E-state index in [1.54, 1.807) is 12.4 Å². The minimum absolute atomic E-state index is 0.0925. The smallest absolute Gasteiger partial charge is 0.224 e. The summed E-state index contributed by atoms with van der Waals surface area (Å²) in [6, 6.07) is 4.04. The van der Waals surface area contributed by atoms with Crippen LogP contribution in [0.1, 0.15) is 12.0 Å². The van der Waals surface area contributed by atoms with Crippen molar-refractivity contribution in [3.05, 3.63) is 30.1 Å². The van der Waals surface area contributed by atoms with E-state index in [9.17, 15) is 4.79 Å². The van der Waals surface area contributed by atoms with Gasteiger partial charge in [-0.1, -0.05) is 0 Å². The van der Waals surface area contributed by atoms with Crippen LogP contribution in [0.15, 0.2) is 24.5 Å². The zero-order valence-corrected chi connectivity index (χ0v) is 8.57. The van der Waals surface area contributed by atoms with E-state index in [-0.39, 0.29) is 5.91 Å². The number of nitrogens with one attached hydrogen (secondary N) is 2. The first-order chi connectivity index (χ1) is 7.34. The lowest BCUT2D eigenvalue weighted by molar-refractivity contribution is -0.121. The number of carbonyl (C=O) groups is 1. The number of amides is 1. The molecule has 1 atom stereocenters. The number of nitrogens with zero attached hydrogens (tertiary/aromatic N) is 1. The number of pyridine rings is 1. The molecule has 2 N–H and O–H groups in total. The summed E-state index contributed by atoms with van der Waals surface area (Å²) in [4.78, 5) is 15.5. The van der Waals surface area contributed by atoms with Crippen molar-refractivity contribution in [2.75, 3.05) is 13.1 Å². The number of hydrogen-bond donors (Lipinski definition) is 2. The molecular formula is C11H15N3O. The Morgan fingerprint density at radius 3 is 3.00 bits per heavy atom. The number of carbonyl (C=O) groups excluding carboxylic acids is 1. The minimum atomic E-state index is 0.0925. The Labute approximate surface area is 89.1 Å². The molecule has 0 bridgehead atoms. The Bertz CT molecular complexity index is 320. The summed E-state index contributed by atoms with van der Waals surface area (Å²) in [6.07, 6.45) is 4.89. The summed E-state index contributed by atoms with van der Waals surface area (Å²) in [5.74, 6) is 0.0925. The van der Waals surface area contributed by atoms with E-state index in [1.165, 1.54) is 0 Å². The predicted molar refractivity (Wildman–Crippen MR) is 57.4 cm³/mol. The summed E-state index contributed by atoms with van der Waals surface area (Å²) >= 11 is 0. The molecule has 15 heavy (non-hydrogen) atoms. The Morgan fingerprint density at radius 2 is 2.33 bits per heavy atom. The van der Waals surface area contributed by atoms with Crippen LogP contribution in [0.2, 0.25) is 0 Å². The summed E-state index contributed by atoms with van der Waals surface area (Å²) in [5.41, 5.74) is 1.01. The van der Waals surface area contributed by atoms with Crippen molar-refractivity contribution in [3.8, 4) is 0 Å². The summed E-state index contributed by atoms with van der Waals surface area (Å²) < 4.78 is 0. The molecule has 1 aliphatic heterocycles. The lowest BCUT2D eigenvalue weighted by atomic mass is 10.2. The van der Waals surface area contributed by atoms with E-state index in [2.05, 4.69) is 15.6 Å². The maximum absolute atomic E-state index is 11.6. The van der Waals surface area contributed by atoms with Gasteiger partial charge in [-0.05, 0) is 30.7 Å². The molecule has 0 unspecified atom stereocenters. The zero-order chi connectivity index (χ0) is 10.5. The second kappa shape index (κ2) is 4.89. The third-order valence-electron chi connectivity index (χ3n) is 2.54. The predicted octanol–water partition coefficient (Wildman–Crippen LogP) is 0.102. The molecule has 0 spiro atoms. The minimum Gasteiger partial charge on any atom is -0.352 e. The average Bonchev–Trinajstić information content (AvgIpc) is 2.71. The fraction of sp³-hybridized carbons (Fsp3) is 0.455. The maximum atomic E-state index is 11.6. The van der Waals surface area contributed by atoms with E-state index in [0.29, 0.717) is 12.5 Å². The van der Waals surface area contributed by atoms with E-state index < -0.39 is 0 Å². The molecular weight excluding hydrogens is 190 g/mol. The van der Waals surface area contributed by atoms with Gasteiger partial charge in [0.15, 0.2) is 0 Å². The van der Waals surface area contributed by atoms with Crippen molar-refractivity contribution >= 4 is 5.91 Å². The molecule has 0 aromatic carbocycles. The zero-order valence-electron chi connectivity index (χ0n) is 8.57. The fourth-order valence-electron chi connectivity index (χ4n) is 1.74. The Hall–Kier alpha value is -1.42. The first kappa shape index (κ1) is 10.1. The molecule has 1 aromatic heterocycles. The lowest BCUT2D eigenvalue weighted by Gasteiger charge is -2.10. The Balaban J connectivity index is 1.82. The number of rotatable bonds is 3. The molecule has 2 heterocycles. The SMILES string of the molecule is O=C(Cc1ccncc1)N[C@H]1CCNC1. The molecule has 0 aliphatic carbocycles. The summed E-state index contributed by atoms with van der Waals surface area (Å²) in [5, 5.41) is 6.22. The van der Waals surface area contributed by atoms with Crippen LogP contribution in [0, 0.1) is 0 Å². The molecule has 1 saturated heterocycles. The van der Waals surface area contributed by atoms with Crippen LogP contribution in [0.4, 0.5) is 0 Å². The first-order valence-electron chi connectivity index (χ1n) is 5.23. The quantitative estimate of drug-likeness (QED) is 0.736. The van der Waals surface area contributed by atoms with Gasteiger partial charge >= 0.3 is 0 Å². The van der Waals surface area contributed by atoms with Crippen LogP contribution >= 0.6 is 0 Å². The highest BCUT2D eigenvalue weighted by atomic mass is 16.1. The van der Waals surface area contributed by atoms with Gasteiger partial charge in [0.1, 0.15) is 0 Å². The van der Waals surface area contributed by atoms with Crippen molar-refractivity contribution in [2.45, 2.75) is 18.9 Å². The molecule has 0 radical (unpaired) electrons. The van der Waals surface area contributed by atoms with Gasteiger partial charge in [0.25, 0.3) is 0 Å². The van der Waals surface area contributed by atoms with E-state index in [4.69, 9.17) is 0 Å². The van der Waals surface area contributed by atoms with E-state index in [0.717, 1.165) is 25.1 Å². The molecule has 1 fully saturated rings. The topological polar surface area (TPSA) is 54.0 Å². The van der Waals surface area contributed by atoms with Crippen molar-refractivity contribution in [1.29, 1.82) is 0 Å². The van der Waals surface area contributed by atoms with Gasteiger partial charge in [0, 0.05) is 25.0 Å². The maximum Gasteiger partial charge on any atom is 0.224 e. The molecule has 1 aromatic rings. The number of hydrogen-bond acceptors (Lipinski definition) is 3. The lowest BCUT2D eigenvalue weighted by Crippen LogP contribution is -2.37.